The number of rotatable bonds is 9. The average molecular weight is 311 g/mol. The van der Waals surface area contributed by atoms with Crippen molar-refractivity contribution in [1.82, 2.24) is 9.14 Å². The van der Waals surface area contributed by atoms with E-state index < -0.39 is 10.2 Å². The van der Waals surface area contributed by atoms with Crippen molar-refractivity contribution < 1.29 is 8.42 Å². The molecule has 5 nitrogen and oxygen atoms in total. The fourth-order valence-electron chi connectivity index (χ4n) is 1.99. The molecule has 0 bridgehead atoms. The van der Waals surface area contributed by atoms with E-state index in [1.165, 1.54) is 9.87 Å². The van der Waals surface area contributed by atoms with Crippen LogP contribution in [0.1, 0.15) is 39.2 Å². The molecule has 0 spiro atoms. The van der Waals surface area contributed by atoms with Gasteiger partial charge in [0.05, 0.1) is 0 Å². The summed E-state index contributed by atoms with van der Waals surface area (Å²) in [4.78, 5) is 2.33. The smallest absolute Gasteiger partial charge is 0.191 e. The van der Waals surface area contributed by atoms with Crippen LogP contribution in [-0.2, 0) is 16.6 Å². The molecule has 1 aromatic carbocycles. The maximum absolute atomic E-state index is 12.0. The van der Waals surface area contributed by atoms with Gasteiger partial charge in [-0.05, 0) is 24.8 Å². The molecule has 0 aliphatic carbocycles. The van der Waals surface area contributed by atoms with E-state index in [-0.39, 0.29) is 0 Å². The predicted molar refractivity (Wildman–Crippen MR) is 87.5 cm³/mol. The first-order valence-corrected chi connectivity index (χ1v) is 8.83. The first-order valence-electron chi connectivity index (χ1n) is 7.39. The van der Waals surface area contributed by atoms with E-state index >= 15 is 0 Å². The van der Waals surface area contributed by atoms with Gasteiger partial charge in [-0.1, -0.05) is 51.1 Å². The van der Waals surface area contributed by atoms with Gasteiger partial charge < -0.3 is 0 Å². The molecule has 1 aromatic rings. The molecule has 0 aromatic heterocycles. The van der Waals surface area contributed by atoms with Crippen LogP contribution in [0.2, 0.25) is 0 Å². The maximum atomic E-state index is 12.0. The van der Waals surface area contributed by atoms with Crippen LogP contribution in [0.25, 0.3) is 0 Å². The summed E-state index contributed by atoms with van der Waals surface area (Å²) in [6, 6.07) is 10.1. The van der Waals surface area contributed by atoms with Gasteiger partial charge in [-0.15, -0.1) is 0 Å². The van der Waals surface area contributed by atoms with Gasteiger partial charge in [0.2, 0.25) is 0 Å². The molecular weight excluding hydrogens is 286 g/mol. The van der Waals surface area contributed by atoms with Crippen molar-refractivity contribution in [2.24, 2.45) is 5.10 Å². The fourth-order valence-corrected chi connectivity index (χ4v) is 3.03. The predicted octanol–water partition coefficient (Wildman–Crippen LogP) is 2.56. The SMILES string of the molecule is CC/C(CCc1ccccc1)=N\NS(=O)(=O)N(CC)CC. The van der Waals surface area contributed by atoms with Gasteiger partial charge in [-0.3, -0.25) is 0 Å². The topological polar surface area (TPSA) is 61.8 Å². The van der Waals surface area contributed by atoms with Gasteiger partial charge in [0.15, 0.2) is 0 Å². The Hall–Kier alpha value is -1.40. The molecule has 0 amide bonds. The highest BCUT2D eigenvalue weighted by Crippen LogP contribution is 2.05. The third-order valence-corrected chi connectivity index (χ3v) is 4.84. The molecule has 0 aliphatic rings. The minimum Gasteiger partial charge on any atom is -0.191 e. The van der Waals surface area contributed by atoms with Crippen molar-refractivity contribution in [3.05, 3.63) is 35.9 Å². The Labute approximate surface area is 128 Å². The van der Waals surface area contributed by atoms with Crippen LogP contribution in [0.15, 0.2) is 35.4 Å². The summed E-state index contributed by atoms with van der Waals surface area (Å²) in [5.74, 6) is 0. The van der Waals surface area contributed by atoms with Crippen LogP contribution in [0.3, 0.4) is 0 Å². The highest BCUT2D eigenvalue weighted by atomic mass is 32.2. The number of aryl methyl sites for hydroxylation is 1. The second-order valence-electron chi connectivity index (χ2n) is 4.70. The molecule has 21 heavy (non-hydrogen) atoms. The Morgan fingerprint density at radius 3 is 2.29 bits per heavy atom. The normalized spacial score (nSPS) is 12.7. The molecular formula is C15H25N3O2S. The first kappa shape index (κ1) is 17.7. The highest BCUT2D eigenvalue weighted by molar-refractivity contribution is 7.87. The van der Waals surface area contributed by atoms with Crippen LogP contribution in [-0.4, -0.2) is 31.5 Å². The molecule has 1 rings (SSSR count). The summed E-state index contributed by atoms with van der Waals surface area (Å²) in [7, 11) is -3.51. The van der Waals surface area contributed by atoms with Gasteiger partial charge in [-0.25, -0.2) is 0 Å². The van der Waals surface area contributed by atoms with Crippen molar-refractivity contribution in [2.45, 2.75) is 40.0 Å². The van der Waals surface area contributed by atoms with E-state index in [4.69, 9.17) is 0 Å². The highest BCUT2D eigenvalue weighted by Gasteiger charge is 2.17. The van der Waals surface area contributed by atoms with Gasteiger partial charge >= 0.3 is 10.2 Å². The minimum absolute atomic E-state index is 0.437. The number of hydrazone groups is 1. The van der Waals surface area contributed by atoms with Gasteiger partial charge in [0.1, 0.15) is 0 Å². The summed E-state index contributed by atoms with van der Waals surface area (Å²) >= 11 is 0. The third-order valence-electron chi connectivity index (χ3n) is 3.32. The summed E-state index contributed by atoms with van der Waals surface area (Å²) in [5.41, 5.74) is 2.08. The minimum atomic E-state index is -3.51. The Bertz CT molecular complexity index is 537. The molecule has 0 fully saturated rings. The Morgan fingerprint density at radius 1 is 1.14 bits per heavy atom. The van der Waals surface area contributed by atoms with Crippen molar-refractivity contribution in [3.8, 4) is 0 Å². The quantitative estimate of drug-likeness (QED) is 0.563. The maximum Gasteiger partial charge on any atom is 0.316 e. The molecule has 0 unspecified atom stereocenters. The van der Waals surface area contributed by atoms with E-state index in [1.807, 2.05) is 39.0 Å². The van der Waals surface area contributed by atoms with Crippen molar-refractivity contribution in [2.75, 3.05) is 13.1 Å². The summed E-state index contributed by atoms with van der Waals surface area (Å²) in [6.07, 6.45) is 2.34. The second kappa shape index (κ2) is 8.79. The van der Waals surface area contributed by atoms with Crippen LogP contribution < -0.4 is 4.83 Å². The van der Waals surface area contributed by atoms with E-state index in [0.29, 0.717) is 13.1 Å². The van der Waals surface area contributed by atoms with E-state index in [1.54, 1.807) is 0 Å². The molecule has 0 saturated heterocycles. The standard InChI is InChI=1S/C15H25N3O2S/c1-4-15(13-12-14-10-8-7-9-11-14)16-17-21(19,20)18(5-2)6-3/h7-11,17H,4-6,12-13H2,1-3H3/b16-15+. The molecule has 0 saturated carbocycles. The lowest BCUT2D eigenvalue weighted by Gasteiger charge is -2.17. The van der Waals surface area contributed by atoms with Crippen LogP contribution in [0.4, 0.5) is 0 Å². The number of nitrogens with zero attached hydrogens (tertiary/aromatic N) is 2. The van der Waals surface area contributed by atoms with Crippen molar-refractivity contribution in [3.63, 3.8) is 0 Å². The molecule has 118 valence electrons. The number of nitrogens with one attached hydrogen (secondary N) is 1. The lowest BCUT2D eigenvalue weighted by Crippen LogP contribution is -2.38. The van der Waals surface area contributed by atoms with E-state index in [9.17, 15) is 8.42 Å². The van der Waals surface area contributed by atoms with Gasteiger partial charge in [0, 0.05) is 18.8 Å². The largest absolute Gasteiger partial charge is 0.316 e. The zero-order valence-corrected chi connectivity index (χ0v) is 13.9. The number of hydrogen-bond acceptors (Lipinski definition) is 3. The summed E-state index contributed by atoms with van der Waals surface area (Å²) in [6.45, 7) is 6.47. The molecule has 6 heteroatoms. The van der Waals surface area contributed by atoms with Crippen LogP contribution >= 0.6 is 0 Å². The number of benzene rings is 1. The zero-order chi connectivity index (χ0) is 15.7. The molecule has 1 N–H and O–H groups in total. The summed E-state index contributed by atoms with van der Waals surface area (Å²) in [5, 5.41) is 4.08. The molecule has 0 heterocycles. The Kier molecular flexibility index (Phi) is 7.39. The average Bonchev–Trinajstić information content (AvgIpc) is 2.49. The van der Waals surface area contributed by atoms with Crippen LogP contribution in [0.5, 0.6) is 0 Å². The van der Waals surface area contributed by atoms with Crippen LogP contribution in [0, 0.1) is 0 Å². The van der Waals surface area contributed by atoms with Gasteiger partial charge in [-0.2, -0.15) is 22.7 Å². The lowest BCUT2D eigenvalue weighted by atomic mass is 10.1. The molecule has 0 radical (unpaired) electrons. The molecule has 0 aliphatic heterocycles. The second-order valence-corrected chi connectivity index (χ2v) is 6.35. The first-order chi connectivity index (χ1) is 10.0. The molecule has 0 atom stereocenters. The lowest BCUT2D eigenvalue weighted by molar-refractivity contribution is 0.436. The van der Waals surface area contributed by atoms with Crippen molar-refractivity contribution in [1.29, 1.82) is 0 Å². The number of hydrogen-bond donors (Lipinski definition) is 1. The van der Waals surface area contributed by atoms with Gasteiger partial charge in [0.25, 0.3) is 0 Å². The monoisotopic (exact) mass is 311 g/mol. The fraction of sp³-hybridized carbons (Fsp3) is 0.533. The van der Waals surface area contributed by atoms with E-state index in [2.05, 4.69) is 22.1 Å². The van der Waals surface area contributed by atoms with E-state index in [0.717, 1.165) is 25.0 Å². The third kappa shape index (κ3) is 5.85. The Morgan fingerprint density at radius 2 is 1.76 bits per heavy atom. The Balaban J connectivity index is 2.63. The van der Waals surface area contributed by atoms with Crippen molar-refractivity contribution >= 4 is 15.9 Å². The zero-order valence-electron chi connectivity index (χ0n) is 13.0. The summed E-state index contributed by atoms with van der Waals surface area (Å²) < 4.78 is 25.3.